The van der Waals surface area contributed by atoms with E-state index in [1.807, 2.05) is 13.8 Å². The summed E-state index contributed by atoms with van der Waals surface area (Å²) >= 11 is 0. The number of ether oxygens (including phenoxy) is 1. The Morgan fingerprint density at radius 2 is 1.86 bits per heavy atom. The van der Waals surface area contributed by atoms with Crippen LogP contribution < -0.4 is 14.9 Å². The fraction of sp³-hybridized carbons (Fsp3) is 0.478. The van der Waals surface area contributed by atoms with E-state index < -0.39 is 40.4 Å². The zero-order valence-corrected chi connectivity index (χ0v) is 20.9. The summed E-state index contributed by atoms with van der Waals surface area (Å²) in [7, 11) is -1.87. The molecule has 198 valence electrons. The maximum absolute atomic E-state index is 14.6. The number of alkyl halides is 3. The molecule has 0 saturated carbocycles. The van der Waals surface area contributed by atoms with Crippen molar-refractivity contribution in [2.24, 2.45) is 5.73 Å². The molecule has 2 aromatic rings. The van der Waals surface area contributed by atoms with E-state index in [0.717, 1.165) is 16.4 Å². The minimum atomic E-state index is -4.63. The lowest BCUT2D eigenvalue weighted by molar-refractivity contribution is -0.141. The molecule has 0 aliphatic carbocycles. The van der Waals surface area contributed by atoms with E-state index in [1.54, 1.807) is 4.90 Å². The average molecular weight is 533 g/mol. The molecule has 0 bridgehead atoms. The SMILES string of the molecule is CC1CN(c2nc(C(F)(F)F)ccc2CCC(C(N)=O)c2ccc(N(C)[SH](=O)=O)c(F)c2)CC(C)O1. The van der Waals surface area contributed by atoms with Gasteiger partial charge in [0.05, 0.1) is 23.8 Å². The number of amides is 1. The fourth-order valence-electron chi connectivity index (χ4n) is 4.32. The van der Waals surface area contributed by atoms with Crippen molar-refractivity contribution in [3.8, 4) is 0 Å². The molecule has 36 heavy (non-hydrogen) atoms. The molecule has 1 aromatic heterocycles. The summed E-state index contributed by atoms with van der Waals surface area (Å²) < 4.78 is 83.5. The van der Waals surface area contributed by atoms with Gasteiger partial charge in [-0.2, -0.15) is 13.2 Å². The molecule has 2 heterocycles. The van der Waals surface area contributed by atoms with Crippen LogP contribution in [0.1, 0.15) is 43.0 Å². The number of morpholine rings is 1. The van der Waals surface area contributed by atoms with Gasteiger partial charge in [0.2, 0.25) is 16.8 Å². The number of benzene rings is 1. The van der Waals surface area contributed by atoms with Gasteiger partial charge in [-0.3, -0.25) is 9.10 Å². The van der Waals surface area contributed by atoms with Gasteiger partial charge < -0.3 is 15.4 Å². The number of primary amides is 1. The summed E-state index contributed by atoms with van der Waals surface area (Å²) in [5.41, 5.74) is 5.06. The average Bonchev–Trinajstić information content (AvgIpc) is 2.77. The molecule has 1 aromatic carbocycles. The molecule has 3 atom stereocenters. The number of nitrogens with two attached hydrogens (primary N) is 1. The lowest BCUT2D eigenvalue weighted by atomic mass is 9.91. The summed E-state index contributed by atoms with van der Waals surface area (Å²) in [6.07, 6.45) is -4.85. The van der Waals surface area contributed by atoms with Gasteiger partial charge in [-0.25, -0.2) is 17.8 Å². The zero-order chi connectivity index (χ0) is 26.8. The molecule has 8 nitrogen and oxygen atoms in total. The smallest absolute Gasteiger partial charge is 0.372 e. The van der Waals surface area contributed by atoms with Crippen molar-refractivity contribution in [2.45, 2.75) is 51.0 Å². The quantitative estimate of drug-likeness (QED) is 0.400. The van der Waals surface area contributed by atoms with Crippen LogP contribution >= 0.6 is 0 Å². The highest BCUT2D eigenvalue weighted by atomic mass is 32.2. The Balaban J connectivity index is 1.91. The normalized spacial score (nSPS) is 19.4. The Hall–Kier alpha value is -2.93. The monoisotopic (exact) mass is 532 g/mol. The van der Waals surface area contributed by atoms with Gasteiger partial charge in [0, 0.05) is 20.1 Å². The molecule has 0 spiro atoms. The molecule has 1 fully saturated rings. The van der Waals surface area contributed by atoms with Gasteiger partial charge in [0.15, 0.2) is 0 Å². The van der Waals surface area contributed by atoms with Crippen LogP contribution in [0.15, 0.2) is 30.3 Å². The zero-order valence-electron chi connectivity index (χ0n) is 20.0. The second-order valence-corrected chi connectivity index (χ2v) is 9.88. The predicted molar refractivity (Wildman–Crippen MR) is 127 cm³/mol. The van der Waals surface area contributed by atoms with Gasteiger partial charge in [0.25, 0.3) is 0 Å². The van der Waals surface area contributed by atoms with Gasteiger partial charge in [0.1, 0.15) is 17.3 Å². The standard InChI is InChI=1S/C23H28F4N4O4S/c1-13-11-31(12-14(2)35-13)22-15(6-9-20(29-22)23(25,26)27)4-7-17(21(28)32)16-5-8-19(18(24)10-16)30(3)36(33)34/h5-6,8-10,13-14,17,36H,4,7,11-12H2,1-3H3,(H2,28,32). The number of aryl methyl sites for hydroxylation is 1. The number of hydrogen-bond acceptors (Lipinski definition) is 6. The van der Waals surface area contributed by atoms with Crippen molar-refractivity contribution in [1.82, 2.24) is 4.98 Å². The largest absolute Gasteiger partial charge is 0.433 e. The number of carbonyl (C=O) groups excluding carboxylic acids is 1. The van der Waals surface area contributed by atoms with Crippen LogP contribution in [0.25, 0.3) is 0 Å². The van der Waals surface area contributed by atoms with Crippen molar-refractivity contribution in [3.05, 3.63) is 53.0 Å². The van der Waals surface area contributed by atoms with E-state index in [2.05, 4.69) is 4.98 Å². The van der Waals surface area contributed by atoms with Crippen LogP contribution in [0, 0.1) is 5.82 Å². The lowest BCUT2D eigenvalue weighted by Crippen LogP contribution is -2.46. The molecular formula is C23H28F4N4O4S. The highest BCUT2D eigenvalue weighted by Crippen LogP contribution is 2.33. The second kappa shape index (κ2) is 11.0. The van der Waals surface area contributed by atoms with Crippen molar-refractivity contribution in [1.29, 1.82) is 0 Å². The molecule has 2 N–H and O–H groups in total. The van der Waals surface area contributed by atoms with Gasteiger partial charge in [-0.15, -0.1) is 0 Å². The molecule has 1 aliphatic heterocycles. The second-order valence-electron chi connectivity index (χ2n) is 8.81. The Morgan fingerprint density at radius 3 is 2.39 bits per heavy atom. The minimum absolute atomic E-state index is 0.0786. The van der Waals surface area contributed by atoms with Crippen molar-refractivity contribution >= 4 is 28.3 Å². The van der Waals surface area contributed by atoms with Crippen LogP contribution in [0.3, 0.4) is 0 Å². The van der Waals surface area contributed by atoms with Crippen molar-refractivity contribution < 1.29 is 35.5 Å². The fourth-order valence-corrected chi connectivity index (χ4v) is 4.66. The number of thiol groups is 1. The van der Waals surface area contributed by atoms with E-state index in [-0.39, 0.29) is 42.1 Å². The molecule has 1 amide bonds. The number of aromatic nitrogens is 1. The summed E-state index contributed by atoms with van der Waals surface area (Å²) in [5.74, 6) is -2.41. The minimum Gasteiger partial charge on any atom is -0.372 e. The van der Waals surface area contributed by atoms with Crippen LogP contribution in [0.4, 0.5) is 29.1 Å². The Bertz CT molecular complexity index is 1170. The number of halogens is 4. The Labute approximate surface area is 208 Å². The molecule has 0 radical (unpaired) electrons. The summed E-state index contributed by atoms with van der Waals surface area (Å²) in [4.78, 5) is 17.9. The molecule has 13 heteroatoms. The van der Waals surface area contributed by atoms with Gasteiger partial charge >= 0.3 is 6.18 Å². The van der Waals surface area contributed by atoms with E-state index in [9.17, 15) is 30.8 Å². The molecule has 1 aliphatic rings. The third-order valence-corrected chi connectivity index (χ3v) is 6.68. The van der Waals surface area contributed by atoms with E-state index in [0.29, 0.717) is 18.7 Å². The van der Waals surface area contributed by atoms with Crippen LogP contribution in [0.2, 0.25) is 0 Å². The first-order valence-electron chi connectivity index (χ1n) is 11.2. The van der Waals surface area contributed by atoms with Crippen molar-refractivity contribution in [2.75, 3.05) is 29.3 Å². The first kappa shape index (κ1) is 27.7. The van der Waals surface area contributed by atoms with Crippen LogP contribution in [0.5, 0.6) is 0 Å². The lowest BCUT2D eigenvalue weighted by Gasteiger charge is -2.37. The first-order valence-corrected chi connectivity index (χ1v) is 12.3. The number of rotatable bonds is 8. The maximum atomic E-state index is 14.6. The summed E-state index contributed by atoms with van der Waals surface area (Å²) in [6, 6.07) is 5.89. The number of hydrogen-bond donors (Lipinski definition) is 2. The van der Waals surface area contributed by atoms with E-state index in [1.165, 1.54) is 25.2 Å². The number of nitrogens with zero attached hydrogens (tertiary/aromatic N) is 3. The Kier molecular flexibility index (Phi) is 8.44. The van der Waals surface area contributed by atoms with E-state index in [4.69, 9.17) is 10.5 Å². The third kappa shape index (κ3) is 6.44. The number of carbonyl (C=O) groups is 1. The number of anilines is 2. The van der Waals surface area contributed by atoms with Crippen molar-refractivity contribution in [3.63, 3.8) is 0 Å². The third-order valence-electron chi connectivity index (χ3n) is 5.98. The first-order chi connectivity index (χ1) is 16.8. The molecular weight excluding hydrogens is 504 g/mol. The van der Waals surface area contributed by atoms with Gasteiger partial charge in [-0.1, -0.05) is 12.1 Å². The highest BCUT2D eigenvalue weighted by Gasteiger charge is 2.35. The molecule has 1 saturated heterocycles. The topological polar surface area (TPSA) is 106 Å². The molecule has 3 unspecified atom stereocenters. The van der Waals surface area contributed by atoms with Crippen LogP contribution in [-0.2, 0) is 33.0 Å². The Morgan fingerprint density at radius 1 is 1.22 bits per heavy atom. The summed E-state index contributed by atoms with van der Waals surface area (Å²) in [5, 5.41) is 0. The van der Waals surface area contributed by atoms with Gasteiger partial charge in [-0.05, 0) is 56.0 Å². The number of pyridine rings is 1. The van der Waals surface area contributed by atoms with E-state index >= 15 is 0 Å². The maximum Gasteiger partial charge on any atom is 0.433 e. The van der Waals surface area contributed by atoms with Crippen LogP contribution in [-0.4, -0.2) is 51.7 Å². The summed E-state index contributed by atoms with van der Waals surface area (Å²) in [6.45, 7) is 4.32. The highest BCUT2D eigenvalue weighted by molar-refractivity contribution is 7.74. The predicted octanol–water partition coefficient (Wildman–Crippen LogP) is 3.02. The molecule has 3 rings (SSSR count).